The van der Waals surface area contributed by atoms with E-state index in [1.807, 2.05) is 30.3 Å². The average molecular weight is 399 g/mol. The number of rotatable bonds is 9. The Kier molecular flexibility index (Phi) is 9.21. The molecule has 0 aliphatic carbocycles. The van der Waals surface area contributed by atoms with Gasteiger partial charge in [-0.15, -0.1) is 5.10 Å². The van der Waals surface area contributed by atoms with E-state index in [2.05, 4.69) is 32.2 Å². The van der Waals surface area contributed by atoms with Gasteiger partial charge in [0, 0.05) is 6.54 Å². The smallest absolute Gasteiger partial charge is 0.225 e. The van der Waals surface area contributed by atoms with Crippen LogP contribution in [0.3, 0.4) is 0 Å². The number of nitrogens with one attached hydrogen (secondary N) is 2. The number of aromatic nitrogens is 4. The Morgan fingerprint density at radius 2 is 2.24 bits per heavy atom. The van der Waals surface area contributed by atoms with Crippen LogP contribution in [0.5, 0.6) is 0 Å². The van der Waals surface area contributed by atoms with Gasteiger partial charge in [-0.3, -0.25) is 4.79 Å². The predicted molar refractivity (Wildman–Crippen MR) is 107 cm³/mol. The summed E-state index contributed by atoms with van der Waals surface area (Å²) in [6.45, 7) is 2.66. The molecule has 1 unspecified atom stereocenters. The van der Waals surface area contributed by atoms with Crippen LogP contribution < -0.4 is 10.6 Å². The lowest BCUT2D eigenvalue weighted by Gasteiger charge is -2.25. The SMILES string of the molecule is C.N#CCCn1nnnc1[C@@H](COCc1ccccc1)NC(=O)C1CCCNC1. The van der Waals surface area contributed by atoms with Gasteiger partial charge >= 0.3 is 0 Å². The van der Waals surface area contributed by atoms with Crippen molar-refractivity contribution in [3.63, 3.8) is 0 Å². The van der Waals surface area contributed by atoms with Gasteiger partial charge < -0.3 is 15.4 Å². The molecule has 1 aromatic carbocycles. The standard InChI is InChI=1S/C19H25N7O2.CH4/c20-9-5-11-26-18(23-24-25-26)17(14-28-13-15-6-2-1-3-7-15)22-19(27)16-8-4-10-21-12-16;/h1-3,6-7,16-17,21H,4-5,8,10-14H2,(H,22,27);1H4/t16?,17-;/m1./s1. The number of nitriles is 1. The van der Waals surface area contributed by atoms with Crippen molar-refractivity contribution in [3.05, 3.63) is 41.7 Å². The number of carbonyl (C=O) groups is 1. The number of hydrogen-bond acceptors (Lipinski definition) is 7. The number of carbonyl (C=O) groups excluding carboxylic acids is 1. The van der Waals surface area contributed by atoms with Gasteiger partial charge in [0.05, 0.1) is 38.2 Å². The minimum atomic E-state index is -0.480. The molecule has 1 aliphatic rings. The first-order valence-electron chi connectivity index (χ1n) is 9.53. The van der Waals surface area contributed by atoms with Crippen molar-refractivity contribution in [2.24, 2.45) is 5.92 Å². The Morgan fingerprint density at radius 3 is 2.97 bits per heavy atom. The van der Waals surface area contributed by atoms with E-state index in [1.165, 1.54) is 0 Å². The summed E-state index contributed by atoms with van der Waals surface area (Å²) in [5.74, 6) is 0.393. The molecule has 1 aromatic heterocycles. The van der Waals surface area contributed by atoms with Crippen molar-refractivity contribution in [1.82, 2.24) is 30.8 Å². The fourth-order valence-electron chi connectivity index (χ4n) is 3.19. The number of benzene rings is 1. The quantitative estimate of drug-likeness (QED) is 0.657. The molecule has 1 saturated heterocycles. The van der Waals surface area contributed by atoms with Gasteiger partial charge in [0.25, 0.3) is 0 Å². The average Bonchev–Trinajstić information content (AvgIpc) is 3.21. The molecule has 2 aromatic rings. The van der Waals surface area contributed by atoms with E-state index in [0.717, 1.165) is 24.9 Å². The summed E-state index contributed by atoms with van der Waals surface area (Å²) in [5.41, 5.74) is 1.05. The molecule has 0 radical (unpaired) electrons. The van der Waals surface area contributed by atoms with Crippen LogP contribution in [0, 0.1) is 17.2 Å². The summed E-state index contributed by atoms with van der Waals surface area (Å²) in [5, 5.41) is 26.9. The van der Waals surface area contributed by atoms with E-state index in [4.69, 9.17) is 10.00 Å². The summed E-state index contributed by atoms with van der Waals surface area (Å²) in [6, 6.07) is 11.4. The maximum absolute atomic E-state index is 12.7. The lowest BCUT2D eigenvalue weighted by atomic mass is 9.98. The summed E-state index contributed by atoms with van der Waals surface area (Å²) in [7, 11) is 0. The van der Waals surface area contributed by atoms with Gasteiger partial charge in [-0.25, -0.2) is 4.68 Å². The molecule has 0 bridgehead atoms. The molecule has 2 N–H and O–H groups in total. The number of tetrazole rings is 1. The zero-order valence-corrected chi connectivity index (χ0v) is 15.8. The maximum Gasteiger partial charge on any atom is 0.225 e. The molecule has 0 saturated carbocycles. The van der Waals surface area contributed by atoms with Gasteiger partial charge in [0.1, 0.15) is 6.04 Å². The number of piperidine rings is 1. The van der Waals surface area contributed by atoms with Crippen LogP contribution in [0.15, 0.2) is 30.3 Å². The molecule has 1 fully saturated rings. The second kappa shape index (κ2) is 11.9. The van der Waals surface area contributed by atoms with Gasteiger partial charge in [-0.2, -0.15) is 5.26 Å². The van der Waals surface area contributed by atoms with Crippen LogP contribution in [0.2, 0.25) is 0 Å². The Bertz CT molecular complexity index is 782. The Hall–Kier alpha value is -2.83. The molecule has 1 aliphatic heterocycles. The minimum absolute atomic E-state index is 0. The zero-order valence-electron chi connectivity index (χ0n) is 15.8. The second-order valence-electron chi connectivity index (χ2n) is 6.77. The molecule has 2 heterocycles. The van der Waals surface area contributed by atoms with E-state index < -0.39 is 6.04 Å². The third-order valence-corrected chi connectivity index (χ3v) is 4.69. The zero-order chi connectivity index (χ0) is 19.6. The lowest BCUT2D eigenvalue weighted by molar-refractivity contribution is -0.126. The van der Waals surface area contributed by atoms with Gasteiger partial charge in [0.15, 0.2) is 5.82 Å². The van der Waals surface area contributed by atoms with Gasteiger partial charge in [0.2, 0.25) is 5.91 Å². The van der Waals surface area contributed by atoms with E-state index in [1.54, 1.807) is 4.68 Å². The van der Waals surface area contributed by atoms with Crippen LogP contribution in [0.4, 0.5) is 0 Å². The molecule has 9 heteroatoms. The minimum Gasteiger partial charge on any atom is -0.374 e. The first-order chi connectivity index (χ1) is 13.8. The van der Waals surface area contributed by atoms with Crippen molar-refractivity contribution in [2.45, 2.75) is 45.9 Å². The molecule has 2 atom stereocenters. The van der Waals surface area contributed by atoms with E-state index in [-0.39, 0.29) is 32.3 Å². The third-order valence-electron chi connectivity index (χ3n) is 4.69. The number of nitrogens with zero attached hydrogens (tertiary/aromatic N) is 5. The highest BCUT2D eigenvalue weighted by atomic mass is 16.5. The van der Waals surface area contributed by atoms with Crippen molar-refractivity contribution in [1.29, 1.82) is 5.26 Å². The second-order valence-corrected chi connectivity index (χ2v) is 6.77. The molecule has 0 spiro atoms. The van der Waals surface area contributed by atoms with Crippen LogP contribution in [-0.2, 0) is 22.7 Å². The highest BCUT2D eigenvalue weighted by Gasteiger charge is 2.27. The molecular formula is C20H29N7O2. The summed E-state index contributed by atoms with van der Waals surface area (Å²) in [6.07, 6.45) is 2.12. The summed E-state index contributed by atoms with van der Waals surface area (Å²) < 4.78 is 7.40. The number of aryl methyl sites for hydroxylation is 1. The number of hydrogen-bond donors (Lipinski definition) is 2. The fourth-order valence-corrected chi connectivity index (χ4v) is 3.19. The topological polar surface area (TPSA) is 118 Å². The van der Waals surface area contributed by atoms with Crippen LogP contribution in [0.1, 0.15) is 44.1 Å². The van der Waals surface area contributed by atoms with Crippen molar-refractivity contribution in [3.8, 4) is 6.07 Å². The van der Waals surface area contributed by atoms with Crippen molar-refractivity contribution >= 4 is 5.91 Å². The largest absolute Gasteiger partial charge is 0.374 e. The molecule has 156 valence electrons. The van der Waals surface area contributed by atoms with E-state index in [9.17, 15) is 4.79 Å². The van der Waals surface area contributed by atoms with Gasteiger partial charge in [-0.05, 0) is 35.4 Å². The summed E-state index contributed by atoms with van der Waals surface area (Å²) in [4.78, 5) is 12.7. The third kappa shape index (κ3) is 6.62. The monoisotopic (exact) mass is 399 g/mol. The van der Waals surface area contributed by atoms with E-state index in [0.29, 0.717) is 25.5 Å². The Labute approximate surface area is 171 Å². The highest BCUT2D eigenvalue weighted by Crippen LogP contribution is 2.16. The molecule has 1 amide bonds. The first kappa shape index (κ1) is 22.5. The van der Waals surface area contributed by atoms with Crippen molar-refractivity contribution in [2.75, 3.05) is 19.7 Å². The molecule has 9 nitrogen and oxygen atoms in total. The van der Waals surface area contributed by atoms with Crippen molar-refractivity contribution < 1.29 is 9.53 Å². The highest BCUT2D eigenvalue weighted by molar-refractivity contribution is 5.79. The summed E-state index contributed by atoms with van der Waals surface area (Å²) >= 11 is 0. The van der Waals surface area contributed by atoms with Crippen LogP contribution in [-0.4, -0.2) is 45.8 Å². The normalized spacial score (nSPS) is 17.0. The fraction of sp³-hybridized carbons (Fsp3) is 0.550. The number of amides is 1. The molecule has 3 rings (SSSR count). The molecule has 29 heavy (non-hydrogen) atoms. The Morgan fingerprint density at radius 1 is 1.41 bits per heavy atom. The molecular weight excluding hydrogens is 370 g/mol. The predicted octanol–water partition coefficient (Wildman–Crippen LogP) is 1.60. The van der Waals surface area contributed by atoms with E-state index >= 15 is 0 Å². The number of ether oxygens (including phenoxy) is 1. The first-order valence-corrected chi connectivity index (χ1v) is 9.53. The maximum atomic E-state index is 12.7. The van der Waals surface area contributed by atoms with Gasteiger partial charge in [-0.1, -0.05) is 37.8 Å². The Balaban J connectivity index is 0.00000300. The van der Waals surface area contributed by atoms with Crippen LogP contribution in [0.25, 0.3) is 0 Å². The lowest BCUT2D eigenvalue weighted by Crippen LogP contribution is -2.43. The van der Waals surface area contributed by atoms with Crippen LogP contribution >= 0.6 is 0 Å².